The first kappa shape index (κ1) is 14.3. The second kappa shape index (κ2) is 6.43. The molecule has 2 heterocycles. The van der Waals surface area contributed by atoms with Gasteiger partial charge in [0.25, 0.3) is 0 Å². The molecular weight excluding hydrogens is 288 g/mol. The van der Waals surface area contributed by atoms with E-state index in [9.17, 15) is 0 Å². The quantitative estimate of drug-likeness (QED) is 0.855. The molecule has 5 heteroatoms. The number of hydroxylamine groups is 1. The van der Waals surface area contributed by atoms with Crippen LogP contribution in [-0.4, -0.2) is 17.9 Å². The van der Waals surface area contributed by atoms with Crippen LogP contribution >= 0.6 is 11.6 Å². The van der Waals surface area contributed by atoms with Crippen LogP contribution in [0.15, 0.2) is 48.7 Å². The van der Waals surface area contributed by atoms with Crippen LogP contribution < -0.4 is 5.06 Å². The number of anilines is 1. The molecule has 0 aliphatic carbocycles. The second-order valence-electron chi connectivity index (χ2n) is 4.80. The molecule has 1 aliphatic heterocycles. The van der Waals surface area contributed by atoms with Crippen molar-refractivity contribution in [1.29, 1.82) is 0 Å². The Labute approximate surface area is 129 Å². The van der Waals surface area contributed by atoms with E-state index in [1.54, 1.807) is 6.20 Å². The zero-order valence-corrected chi connectivity index (χ0v) is 12.5. The second-order valence-corrected chi connectivity index (χ2v) is 5.24. The van der Waals surface area contributed by atoms with Crippen LogP contribution in [0.25, 0.3) is 0 Å². The first-order chi connectivity index (χ1) is 10.3. The summed E-state index contributed by atoms with van der Waals surface area (Å²) in [6, 6.07) is 13.5. The maximum absolute atomic E-state index is 5.95. The van der Waals surface area contributed by atoms with Crippen LogP contribution in [-0.2, 0) is 9.57 Å². The van der Waals surface area contributed by atoms with Gasteiger partial charge in [-0.15, -0.1) is 0 Å². The summed E-state index contributed by atoms with van der Waals surface area (Å²) in [5, 5.41) is 2.56. The van der Waals surface area contributed by atoms with Gasteiger partial charge in [-0.2, -0.15) is 0 Å². The maximum Gasteiger partial charge on any atom is 0.186 e. The molecule has 0 spiro atoms. The minimum Gasteiger partial charge on any atom is -0.350 e. The van der Waals surface area contributed by atoms with Gasteiger partial charge in [-0.1, -0.05) is 17.7 Å². The normalized spacial score (nSPS) is 21.7. The third-order valence-electron chi connectivity index (χ3n) is 3.39. The lowest BCUT2D eigenvalue weighted by molar-refractivity contribution is -0.115. The minimum absolute atomic E-state index is 0.0314. The molecule has 0 saturated carbocycles. The van der Waals surface area contributed by atoms with Crippen molar-refractivity contribution in [3.8, 4) is 0 Å². The Morgan fingerprint density at radius 1 is 1.29 bits per heavy atom. The van der Waals surface area contributed by atoms with Crippen molar-refractivity contribution in [1.82, 2.24) is 4.98 Å². The van der Waals surface area contributed by atoms with Gasteiger partial charge in [0, 0.05) is 24.2 Å². The highest BCUT2D eigenvalue weighted by atomic mass is 35.5. The van der Waals surface area contributed by atoms with Crippen LogP contribution in [0.5, 0.6) is 0 Å². The molecule has 110 valence electrons. The van der Waals surface area contributed by atoms with E-state index in [4.69, 9.17) is 21.2 Å². The van der Waals surface area contributed by atoms with Gasteiger partial charge in [-0.05, 0) is 43.3 Å². The van der Waals surface area contributed by atoms with Crippen LogP contribution in [0.3, 0.4) is 0 Å². The van der Waals surface area contributed by atoms with E-state index in [0.717, 1.165) is 17.8 Å². The van der Waals surface area contributed by atoms with Crippen molar-refractivity contribution in [3.63, 3.8) is 0 Å². The van der Waals surface area contributed by atoms with Crippen LogP contribution in [0.4, 0.5) is 5.69 Å². The highest BCUT2D eigenvalue weighted by Crippen LogP contribution is 2.37. The monoisotopic (exact) mass is 304 g/mol. The van der Waals surface area contributed by atoms with Gasteiger partial charge in [0.2, 0.25) is 0 Å². The van der Waals surface area contributed by atoms with E-state index >= 15 is 0 Å². The van der Waals surface area contributed by atoms with Gasteiger partial charge in [0.15, 0.2) is 6.29 Å². The van der Waals surface area contributed by atoms with Crippen molar-refractivity contribution < 1.29 is 9.57 Å². The largest absolute Gasteiger partial charge is 0.350 e. The molecular formula is C16H17ClN2O2. The number of benzene rings is 1. The summed E-state index contributed by atoms with van der Waals surface area (Å²) in [4.78, 5) is 10.4. The van der Waals surface area contributed by atoms with Crippen molar-refractivity contribution >= 4 is 17.3 Å². The summed E-state index contributed by atoms with van der Waals surface area (Å²) in [7, 11) is 0. The number of pyridine rings is 1. The Balaban J connectivity index is 1.89. The molecule has 1 aromatic heterocycles. The third-order valence-corrected chi connectivity index (χ3v) is 3.64. The fourth-order valence-electron chi connectivity index (χ4n) is 2.45. The maximum atomic E-state index is 5.95. The Hall–Kier alpha value is -1.62. The number of nitrogens with zero attached hydrogens (tertiary/aromatic N) is 2. The molecule has 2 unspecified atom stereocenters. The number of hydrogen-bond donors (Lipinski definition) is 0. The summed E-state index contributed by atoms with van der Waals surface area (Å²) in [6.07, 6.45) is 2.29. The van der Waals surface area contributed by atoms with Crippen LogP contribution in [0, 0.1) is 0 Å². The van der Waals surface area contributed by atoms with Gasteiger partial charge in [-0.25, -0.2) is 9.90 Å². The summed E-state index contributed by atoms with van der Waals surface area (Å²) in [5.41, 5.74) is 1.91. The van der Waals surface area contributed by atoms with Gasteiger partial charge in [0.1, 0.15) is 6.04 Å². The molecule has 1 aromatic carbocycles. The highest BCUT2D eigenvalue weighted by Gasteiger charge is 2.36. The topological polar surface area (TPSA) is 34.6 Å². The van der Waals surface area contributed by atoms with Gasteiger partial charge in [-0.3, -0.25) is 4.98 Å². The zero-order valence-electron chi connectivity index (χ0n) is 11.8. The van der Waals surface area contributed by atoms with Crippen molar-refractivity contribution in [2.45, 2.75) is 25.7 Å². The smallest absolute Gasteiger partial charge is 0.186 e. The van der Waals surface area contributed by atoms with Crippen molar-refractivity contribution in [3.05, 3.63) is 59.4 Å². The first-order valence-corrected chi connectivity index (χ1v) is 7.40. The Morgan fingerprint density at radius 3 is 2.76 bits per heavy atom. The predicted molar refractivity (Wildman–Crippen MR) is 82.0 cm³/mol. The van der Waals surface area contributed by atoms with Crippen LogP contribution in [0.1, 0.15) is 25.1 Å². The molecule has 1 saturated heterocycles. The molecule has 2 atom stereocenters. The van der Waals surface area contributed by atoms with E-state index in [-0.39, 0.29) is 12.3 Å². The molecule has 4 nitrogen and oxygen atoms in total. The summed E-state index contributed by atoms with van der Waals surface area (Å²) in [6.45, 7) is 2.58. The van der Waals surface area contributed by atoms with Gasteiger partial charge in [0.05, 0.1) is 11.4 Å². The number of hydrogen-bond acceptors (Lipinski definition) is 4. The number of aromatic nitrogens is 1. The number of halogens is 1. The fourth-order valence-corrected chi connectivity index (χ4v) is 2.57. The summed E-state index contributed by atoms with van der Waals surface area (Å²) < 4.78 is 5.61. The fraction of sp³-hybridized carbons (Fsp3) is 0.312. The Bertz CT molecular complexity index is 577. The molecule has 0 bridgehead atoms. The molecule has 2 aromatic rings. The van der Waals surface area contributed by atoms with E-state index in [0.29, 0.717) is 11.6 Å². The minimum atomic E-state index is -0.252. The first-order valence-electron chi connectivity index (χ1n) is 7.02. The van der Waals surface area contributed by atoms with E-state index in [1.807, 2.05) is 54.5 Å². The highest BCUT2D eigenvalue weighted by molar-refractivity contribution is 6.30. The molecule has 21 heavy (non-hydrogen) atoms. The Morgan fingerprint density at radius 2 is 2.10 bits per heavy atom. The molecule has 0 radical (unpaired) electrons. The molecule has 0 amide bonds. The SMILES string of the molecule is CCOC1CC(c2ccccn2)N(c2ccc(Cl)cc2)O1. The average molecular weight is 305 g/mol. The molecule has 0 N–H and O–H groups in total. The predicted octanol–water partition coefficient (Wildman–Crippen LogP) is 3.98. The standard InChI is InChI=1S/C16H17ClN2O2/c1-2-20-16-11-15(14-5-3-4-10-18-14)19(21-16)13-8-6-12(17)7-9-13/h3-10,15-16H,2,11H2,1H3. The van der Waals surface area contributed by atoms with Crippen LogP contribution in [0.2, 0.25) is 5.02 Å². The van der Waals surface area contributed by atoms with E-state index < -0.39 is 0 Å². The van der Waals surface area contributed by atoms with E-state index in [2.05, 4.69) is 4.98 Å². The lowest BCUT2D eigenvalue weighted by Gasteiger charge is -2.24. The lowest BCUT2D eigenvalue weighted by Crippen LogP contribution is -2.23. The van der Waals surface area contributed by atoms with Crippen molar-refractivity contribution in [2.24, 2.45) is 0 Å². The van der Waals surface area contributed by atoms with E-state index in [1.165, 1.54) is 0 Å². The average Bonchev–Trinajstić information content (AvgIpc) is 2.93. The molecule has 3 rings (SSSR count). The van der Waals surface area contributed by atoms with Gasteiger partial charge >= 0.3 is 0 Å². The van der Waals surface area contributed by atoms with Crippen molar-refractivity contribution in [2.75, 3.05) is 11.7 Å². The number of rotatable bonds is 4. The Kier molecular flexibility index (Phi) is 4.39. The molecule has 1 fully saturated rings. The van der Waals surface area contributed by atoms with Gasteiger partial charge < -0.3 is 4.74 Å². The zero-order chi connectivity index (χ0) is 14.7. The summed E-state index contributed by atoms with van der Waals surface area (Å²) >= 11 is 5.95. The number of ether oxygens (including phenoxy) is 1. The summed E-state index contributed by atoms with van der Waals surface area (Å²) in [5.74, 6) is 0. The lowest BCUT2D eigenvalue weighted by atomic mass is 10.1. The third kappa shape index (κ3) is 3.18. The molecule has 1 aliphatic rings.